The third-order valence-electron chi connectivity index (χ3n) is 5.56. The lowest BCUT2D eigenvalue weighted by atomic mass is 10.1. The highest BCUT2D eigenvalue weighted by Crippen LogP contribution is 2.17. The van der Waals surface area contributed by atoms with Crippen LogP contribution < -0.4 is 0 Å². The lowest BCUT2D eigenvalue weighted by molar-refractivity contribution is -0.927. The average molecular weight is 429 g/mol. The second-order valence-corrected chi connectivity index (χ2v) is 8.16. The van der Waals surface area contributed by atoms with E-state index in [0.717, 1.165) is 32.1 Å². The normalized spacial score (nSPS) is 11.8. The van der Waals surface area contributed by atoms with Crippen molar-refractivity contribution in [2.24, 2.45) is 0 Å². The summed E-state index contributed by atoms with van der Waals surface area (Å²) in [7, 11) is 0. The predicted octanol–water partition coefficient (Wildman–Crippen LogP) is 4.70. The Morgan fingerprint density at radius 2 is 1.00 bits per heavy atom. The van der Waals surface area contributed by atoms with E-state index in [9.17, 15) is 14.4 Å². The summed E-state index contributed by atoms with van der Waals surface area (Å²) in [6.45, 7) is 3.62. The highest BCUT2D eigenvalue weighted by Gasteiger charge is 2.29. The van der Waals surface area contributed by atoms with Gasteiger partial charge in [-0.1, -0.05) is 51.2 Å². The number of carboxylic acid groups (broad SMARTS) is 3. The molecule has 0 saturated carbocycles. The van der Waals surface area contributed by atoms with Gasteiger partial charge < -0.3 is 19.8 Å². The molecule has 0 aromatic rings. The molecule has 0 aliphatic heterocycles. The van der Waals surface area contributed by atoms with Gasteiger partial charge in [-0.05, 0) is 32.1 Å². The Labute approximate surface area is 181 Å². The van der Waals surface area contributed by atoms with Crippen molar-refractivity contribution in [3.05, 3.63) is 12.2 Å². The Bertz CT molecular complexity index is 472. The second kappa shape index (κ2) is 17.9. The van der Waals surface area contributed by atoms with Gasteiger partial charge in [-0.15, -0.1) is 0 Å². The maximum atomic E-state index is 11.1. The molecule has 0 atom stereocenters. The number of aliphatic carboxylic acids is 3. The Kier molecular flexibility index (Phi) is 16.8. The molecule has 0 bridgehead atoms. The van der Waals surface area contributed by atoms with Crippen LogP contribution in [-0.4, -0.2) is 63.9 Å². The van der Waals surface area contributed by atoms with Crippen molar-refractivity contribution in [1.29, 1.82) is 0 Å². The van der Waals surface area contributed by atoms with Crippen LogP contribution in [0.2, 0.25) is 0 Å². The molecule has 0 aliphatic rings. The van der Waals surface area contributed by atoms with E-state index in [1.165, 1.54) is 32.1 Å². The van der Waals surface area contributed by atoms with Crippen molar-refractivity contribution in [3.63, 3.8) is 0 Å². The van der Waals surface area contributed by atoms with Crippen molar-refractivity contribution >= 4 is 17.9 Å². The zero-order valence-electron chi connectivity index (χ0n) is 18.7. The Hall–Kier alpha value is -1.89. The lowest BCUT2D eigenvalue weighted by Crippen LogP contribution is -2.52. The molecule has 7 nitrogen and oxygen atoms in total. The summed E-state index contributed by atoms with van der Waals surface area (Å²) in [6, 6.07) is 0. The van der Waals surface area contributed by atoms with Crippen LogP contribution in [0.3, 0.4) is 0 Å². The fraction of sp³-hybridized carbons (Fsp3) is 0.783. The molecule has 0 saturated heterocycles. The van der Waals surface area contributed by atoms with E-state index in [1.54, 1.807) is 0 Å². The molecule has 0 rings (SSSR count). The van der Waals surface area contributed by atoms with Gasteiger partial charge in [0.25, 0.3) is 0 Å². The minimum Gasteiger partial charge on any atom is -0.481 e. The van der Waals surface area contributed by atoms with Gasteiger partial charge in [-0.3, -0.25) is 14.4 Å². The summed E-state index contributed by atoms with van der Waals surface area (Å²) in [6.07, 6.45) is 15.6. The van der Waals surface area contributed by atoms with Crippen LogP contribution in [0.25, 0.3) is 0 Å². The second-order valence-electron chi connectivity index (χ2n) is 8.16. The lowest BCUT2D eigenvalue weighted by Gasteiger charge is -2.38. The zero-order chi connectivity index (χ0) is 22.7. The molecule has 0 spiro atoms. The highest BCUT2D eigenvalue weighted by molar-refractivity contribution is 5.67. The zero-order valence-corrected chi connectivity index (χ0v) is 18.7. The van der Waals surface area contributed by atoms with Crippen molar-refractivity contribution in [3.8, 4) is 0 Å². The van der Waals surface area contributed by atoms with E-state index in [4.69, 9.17) is 15.3 Å². The molecule has 30 heavy (non-hydrogen) atoms. The minimum absolute atomic E-state index is 0.0767. The fourth-order valence-corrected chi connectivity index (χ4v) is 3.72. The van der Waals surface area contributed by atoms with Gasteiger partial charge in [0.2, 0.25) is 0 Å². The first-order valence-corrected chi connectivity index (χ1v) is 11.5. The third kappa shape index (κ3) is 17.0. The number of rotatable bonds is 21. The van der Waals surface area contributed by atoms with Crippen molar-refractivity contribution in [2.75, 3.05) is 26.2 Å². The molecule has 0 amide bonds. The molecule has 0 aliphatic carbocycles. The summed E-state index contributed by atoms with van der Waals surface area (Å²) >= 11 is 0. The van der Waals surface area contributed by atoms with Gasteiger partial charge in [0, 0.05) is 0 Å². The van der Waals surface area contributed by atoms with E-state index >= 15 is 0 Å². The first-order valence-electron chi connectivity index (χ1n) is 11.5. The molecule has 0 radical (unpaired) electrons. The number of carbonyl (C=O) groups is 3. The molecule has 0 aromatic heterocycles. The SMILES string of the molecule is CC/C=C/CCCCCCCCCC[N+](CCC(=O)O)(CCC(=O)O)CCC(=O)O. The minimum atomic E-state index is -0.937. The number of quaternary nitrogens is 1. The first-order chi connectivity index (χ1) is 14.3. The van der Waals surface area contributed by atoms with Crippen molar-refractivity contribution < 1.29 is 34.2 Å². The summed E-state index contributed by atoms with van der Waals surface area (Å²) < 4.78 is 0.260. The van der Waals surface area contributed by atoms with Crippen LogP contribution in [0.4, 0.5) is 0 Å². The number of carboxylic acids is 3. The van der Waals surface area contributed by atoms with E-state index in [-0.39, 0.29) is 43.4 Å². The number of nitrogens with zero attached hydrogens (tertiary/aromatic N) is 1. The van der Waals surface area contributed by atoms with Crippen molar-refractivity contribution in [1.82, 2.24) is 0 Å². The Morgan fingerprint density at radius 3 is 1.40 bits per heavy atom. The summed E-state index contributed by atoms with van der Waals surface area (Å²) in [5.74, 6) is -2.81. The van der Waals surface area contributed by atoms with Crippen LogP contribution in [-0.2, 0) is 14.4 Å². The van der Waals surface area contributed by atoms with Crippen LogP contribution in [0.15, 0.2) is 12.2 Å². The van der Waals surface area contributed by atoms with Crippen LogP contribution >= 0.6 is 0 Å². The molecule has 0 aromatic carbocycles. The molecular formula is C23H42NO6+. The topological polar surface area (TPSA) is 112 Å². The van der Waals surface area contributed by atoms with Gasteiger partial charge in [0.05, 0.1) is 45.4 Å². The van der Waals surface area contributed by atoms with Gasteiger partial charge in [0.15, 0.2) is 0 Å². The maximum absolute atomic E-state index is 11.1. The van der Waals surface area contributed by atoms with Crippen molar-refractivity contribution in [2.45, 2.75) is 90.4 Å². The van der Waals surface area contributed by atoms with Crippen LogP contribution in [0, 0.1) is 0 Å². The summed E-state index contributed by atoms with van der Waals surface area (Å²) in [5, 5.41) is 27.2. The smallest absolute Gasteiger partial charge is 0.309 e. The van der Waals surface area contributed by atoms with Gasteiger partial charge >= 0.3 is 17.9 Å². The monoisotopic (exact) mass is 428 g/mol. The molecular weight excluding hydrogens is 386 g/mol. The molecule has 7 heteroatoms. The molecule has 0 unspecified atom stereocenters. The van der Waals surface area contributed by atoms with E-state index < -0.39 is 17.9 Å². The van der Waals surface area contributed by atoms with Gasteiger partial charge in [0.1, 0.15) is 0 Å². The van der Waals surface area contributed by atoms with Gasteiger partial charge in [-0.25, -0.2) is 0 Å². The standard InChI is InChI=1S/C23H41NO6/c1-2-3-4-5-6-7-8-9-10-11-12-13-17-24(18-14-21(25)26,19-15-22(27)28)20-16-23(29)30/h3-4H,2,5-20H2,1H3,(H2-,25,26,27,28,29,30)/p+1/b4-3+. The van der Waals surface area contributed by atoms with Crippen LogP contribution in [0.1, 0.15) is 90.4 Å². The molecule has 174 valence electrons. The summed E-state index contributed by atoms with van der Waals surface area (Å²) in [5.41, 5.74) is 0. The summed E-state index contributed by atoms with van der Waals surface area (Å²) in [4.78, 5) is 33.2. The Balaban J connectivity index is 4.33. The number of unbranched alkanes of at least 4 members (excludes halogenated alkanes) is 8. The molecule has 3 N–H and O–H groups in total. The fourth-order valence-electron chi connectivity index (χ4n) is 3.72. The highest BCUT2D eigenvalue weighted by atomic mass is 16.4. The maximum Gasteiger partial charge on any atom is 0.309 e. The Morgan fingerprint density at radius 1 is 0.600 bits per heavy atom. The number of hydrogen-bond acceptors (Lipinski definition) is 3. The largest absolute Gasteiger partial charge is 0.481 e. The first kappa shape index (κ1) is 28.1. The predicted molar refractivity (Wildman–Crippen MR) is 117 cm³/mol. The van der Waals surface area contributed by atoms with E-state index in [2.05, 4.69) is 19.1 Å². The third-order valence-corrected chi connectivity index (χ3v) is 5.56. The van der Waals surface area contributed by atoms with E-state index in [1.807, 2.05) is 0 Å². The van der Waals surface area contributed by atoms with Crippen LogP contribution in [0.5, 0.6) is 0 Å². The molecule has 0 fully saturated rings. The quantitative estimate of drug-likeness (QED) is 0.139. The molecule has 0 heterocycles. The number of hydrogen-bond donors (Lipinski definition) is 3. The average Bonchev–Trinajstić information content (AvgIpc) is 2.69. The van der Waals surface area contributed by atoms with Gasteiger partial charge in [-0.2, -0.15) is 0 Å². The van der Waals surface area contributed by atoms with E-state index in [0.29, 0.717) is 6.54 Å². The number of allylic oxidation sites excluding steroid dienone is 2.